The molecule has 2 N–H and O–H groups in total. The van der Waals surface area contributed by atoms with Gasteiger partial charge in [0, 0.05) is 45.1 Å². The van der Waals surface area contributed by atoms with Crippen molar-refractivity contribution >= 4 is 45.9 Å². The molecule has 0 aliphatic carbocycles. The molecule has 1 aliphatic rings. The van der Waals surface area contributed by atoms with Crippen LogP contribution >= 0.6 is 0 Å². The van der Waals surface area contributed by atoms with Crippen LogP contribution in [0.4, 0.5) is 16.4 Å². The van der Waals surface area contributed by atoms with Crippen LogP contribution in [-0.2, 0) is 50.5 Å². The Labute approximate surface area is 404 Å². The van der Waals surface area contributed by atoms with Crippen LogP contribution in [0.25, 0.3) is 11.4 Å². The van der Waals surface area contributed by atoms with Gasteiger partial charge in [0.1, 0.15) is 22.1 Å². The average Bonchev–Trinajstić information content (AvgIpc) is 4.00. The SMILES string of the molecule is COc1ccc(CN(Cc2ccc(OC)cc2)S(=O)(=O)c2c(S(=O)(=O)CC(CNC(=O)O)O[Si](C)(C)C(C)(C)C)ccc(N3CCCn4ccnc43)c2-c2nnn(Cc3ccc(OC)cc3)n2)cc1. The van der Waals surface area contributed by atoms with E-state index in [9.17, 15) is 9.90 Å². The zero-order valence-corrected chi connectivity index (χ0v) is 42.6. The van der Waals surface area contributed by atoms with Crippen LogP contribution in [0.5, 0.6) is 17.2 Å². The Hall–Kier alpha value is -6.33. The highest BCUT2D eigenvalue weighted by Gasteiger charge is 2.43. The fourth-order valence-corrected chi connectivity index (χ4v) is 13.1. The highest BCUT2D eigenvalue weighted by atomic mass is 32.2. The first-order valence-corrected chi connectivity index (χ1v) is 28.2. The van der Waals surface area contributed by atoms with E-state index in [1.807, 2.05) is 61.7 Å². The quantitative estimate of drug-likeness (QED) is 0.0737. The third kappa shape index (κ3) is 11.6. The van der Waals surface area contributed by atoms with E-state index in [0.717, 1.165) is 5.56 Å². The number of sulfone groups is 1. The number of hydrogen-bond acceptors (Lipinski definition) is 14. The molecular formula is C47H59N9O10S2Si. The van der Waals surface area contributed by atoms with E-state index < -0.39 is 61.0 Å². The molecule has 0 bridgehead atoms. The van der Waals surface area contributed by atoms with E-state index in [-0.39, 0.29) is 43.3 Å². The summed E-state index contributed by atoms with van der Waals surface area (Å²) in [5.74, 6) is 1.33. The lowest BCUT2D eigenvalue weighted by Crippen LogP contribution is -2.49. The van der Waals surface area contributed by atoms with Crippen LogP contribution in [0, 0.1) is 0 Å². The summed E-state index contributed by atoms with van der Waals surface area (Å²) >= 11 is 0. The molecule has 1 aliphatic heterocycles. The van der Waals surface area contributed by atoms with Crippen molar-refractivity contribution in [1.29, 1.82) is 0 Å². The number of hydrogen-bond donors (Lipinski definition) is 2. The maximum Gasteiger partial charge on any atom is 0.404 e. The zero-order valence-electron chi connectivity index (χ0n) is 40.0. The molecule has 1 unspecified atom stereocenters. The van der Waals surface area contributed by atoms with Crippen LogP contribution < -0.4 is 24.4 Å². The van der Waals surface area contributed by atoms with Crippen molar-refractivity contribution < 1.29 is 45.4 Å². The van der Waals surface area contributed by atoms with Crippen molar-refractivity contribution in [3.8, 4) is 28.6 Å². The lowest BCUT2D eigenvalue weighted by molar-refractivity contribution is 0.172. The van der Waals surface area contributed by atoms with Crippen molar-refractivity contribution in [3.63, 3.8) is 0 Å². The molecule has 0 fully saturated rings. The van der Waals surface area contributed by atoms with E-state index in [0.29, 0.717) is 53.8 Å². The van der Waals surface area contributed by atoms with Gasteiger partial charge in [-0.25, -0.2) is 26.6 Å². The third-order valence-electron chi connectivity index (χ3n) is 12.4. The van der Waals surface area contributed by atoms with Crippen molar-refractivity contribution in [2.75, 3.05) is 45.1 Å². The number of amides is 1. The summed E-state index contributed by atoms with van der Waals surface area (Å²) in [5.41, 5.74) is 2.11. The first kappa shape index (κ1) is 50.5. The number of methoxy groups -OCH3 is 3. The molecule has 0 spiro atoms. The third-order valence-corrected chi connectivity index (χ3v) is 20.8. The van der Waals surface area contributed by atoms with Gasteiger partial charge in [-0.05, 0) is 95.0 Å². The Morgan fingerprint density at radius 2 is 1.39 bits per heavy atom. The highest BCUT2D eigenvalue weighted by molar-refractivity contribution is 7.93. The minimum absolute atomic E-state index is 0.117. The van der Waals surface area contributed by atoms with Gasteiger partial charge >= 0.3 is 6.09 Å². The molecule has 368 valence electrons. The predicted molar refractivity (Wildman–Crippen MR) is 262 cm³/mol. The first-order chi connectivity index (χ1) is 32.7. The van der Waals surface area contributed by atoms with E-state index in [1.165, 1.54) is 29.4 Å². The minimum atomic E-state index is -4.96. The van der Waals surface area contributed by atoms with Gasteiger partial charge in [-0.2, -0.15) is 9.10 Å². The van der Waals surface area contributed by atoms with E-state index in [4.69, 9.17) is 23.7 Å². The molecule has 7 rings (SSSR count). The minimum Gasteiger partial charge on any atom is -0.497 e. The van der Waals surface area contributed by atoms with Crippen LogP contribution in [-0.4, -0.2) is 117 Å². The second-order valence-corrected chi connectivity index (χ2v) is 26.8. The molecule has 69 heavy (non-hydrogen) atoms. The molecule has 19 nitrogen and oxygen atoms in total. The summed E-state index contributed by atoms with van der Waals surface area (Å²) in [7, 11) is -7.82. The fraction of sp³-hybridized carbons (Fsp3) is 0.383. The Kier molecular flexibility index (Phi) is 15.2. The maximum atomic E-state index is 16.3. The van der Waals surface area contributed by atoms with Gasteiger partial charge in [0.05, 0.1) is 55.9 Å². The summed E-state index contributed by atoms with van der Waals surface area (Å²) in [4.78, 5) is 18.5. The van der Waals surface area contributed by atoms with Gasteiger partial charge < -0.3 is 38.5 Å². The normalized spacial score (nSPS) is 13.8. The predicted octanol–water partition coefficient (Wildman–Crippen LogP) is 6.98. The summed E-state index contributed by atoms with van der Waals surface area (Å²) in [6.45, 7) is 10.2. The topological polar surface area (TPSA) is 222 Å². The molecule has 4 aromatic carbocycles. The van der Waals surface area contributed by atoms with Crippen LogP contribution in [0.3, 0.4) is 0 Å². The first-order valence-electron chi connectivity index (χ1n) is 22.2. The van der Waals surface area contributed by atoms with Crippen LogP contribution in [0.2, 0.25) is 18.1 Å². The largest absolute Gasteiger partial charge is 0.497 e. The number of fused-ring (bicyclic) bond motifs is 1. The van der Waals surface area contributed by atoms with E-state index in [2.05, 4.69) is 20.6 Å². The van der Waals surface area contributed by atoms with Crippen molar-refractivity contribution in [1.82, 2.24) is 39.4 Å². The summed E-state index contributed by atoms with van der Waals surface area (Å²) in [6, 6.07) is 23.9. The zero-order chi connectivity index (χ0) is 49.7. The number of carbonyl (C=O) groups is 1. The molecule has 6 aromatic rings. The Balaban J connectivity index is 1.49. The number of imidazole rings is 1. The molecule has 0 radical (unpaired) electrons. The van der Waals surface area contributed by atoms with Gasteiger partial charge in [-0.3, -0.25) is 0 Å². The molecule has 2 aromatic heterocycles. The number of rotatable bonds is 20. The number of nitrogens with zero attached hydrogens (tertiary/aromatic N) is 8. The maximum absolute atomic E-state index is 16.3. The number of tetrazole rings is 1. The van der Waals surface area contributed by atoms with Crippen LogP contribution in [0.1, 0.15) is 43.9 Å². The van der Waals surface area contributed by atoms with Gasteiger partial charge in [0.2, 0.25) is 21.8 Å². The number of nitrogens with one attached hydrogen (secondary N) is 1. The second-order valence-electron chi connectivity index (χ2n) is 18.1. The Morgan fingerprint density at radius 1 is 0.826 bits per heavy atom. The molecule has 0 saturated heterocycles. The number of aryl methyl sites for hydroxylation is 1. The summed E-state index contributed by atoms with van der Waals surface area (Å²) < 4.78 is 89.3. The lowest BCUT2D eigenvalue weighted by Gasteiger charge is -2.39. The number of ether oxygens (including phenoxy) is 3. The number of aromatic nitrogens is 6. The van der Waals surface area contributed by atoms with Gasteiger partial charge in [0.25, 0.3) is 0 Å². The monoisotopic (exact) mass is 1000 g/mol. The van der Waals surface area contributed by atoms with Gasteiger partial charge in [0.15, 0.2) is 18.2 Å². The van der Waals surface area contributed by atoms with Gasteiger partial charge in [-0.1, -0.05) is 57.2 Å². The molecule has 22 heteroatoms. The molecule has 1 atom stereocenters. The Morgan fingerprint density at radius 3 is 1.93 bits per heavy atom. The number of sulfonamides is 1. The molecule has 3 heterocycles. The molecular weight excluding hydrogens is 943 g/mol. The van der Waals surface area contributed by atoms with E-state index in [1.54, 1.807) is 80.0 Å². The smallest absolute Gasteiger partial charge is 0.404 e. The summed E-state index contributed by atoms with van der Waals surface area (Å²) in [5, 5.41) is 25.2. The highest BCUT2D eigenvalue weighted by Crippen LogP contribution is 2.44. The molecule has 1 amide bonds. The van der Waals surface area contributed by atoms with Gasteiger partial charge in [-0.15, -0.1) is 10.2 Å². The second kappa shape index (κ2) is 20.7. The standard InChI is InChI=1S/C47H59N9O10S2Si/c1-47(2,3)69(7,8)66-39(28-49-46(57)58)32-67(59,60)41-23-22-40(55-26-9-25-53-27-24-48-45(53)55)42(44-50-52-56(51-44)31-35-14-20-38(65-6)21-15-35)43(41)68(61,62)54(29-33-10-16-36(63-4)17-11-33)30-34-12-18-37(64-5)19-13-34/h10-24,27,39,49H,9,25-26,28-32H2,1-8H3,(H,57,58). The van der Waals surface area contributed by atoms with E-state index >= 15 is 16.8 Å². The molecule has 0 saturated carbocycles. The van der Waals surface area contributed by atoms with Crippen molar-refractivity contribution in [2.45, 2.75) is 87.4 Å². The number of carboxylic acid groups (broad SMARTS) is 1. The van der Waals surface area contributed by atoms with Crippen molar-refractivity contribution in [2.24, 2.45) is 0 Å². The number of anilines is 2. The van der Waals surface area contributed by atoms with Crippen LogP contribution in [0.15, 0.2) is 107 Å². The Bertz CT molecular complexity index is 2910. The lowest BCUT2D eigenvalue weighted by atomic mass is 10.1. The fourth-order valence-electron chi connectivity index (χ4n) is 7.74. The van der Waals surface area contributed by atoms with Crippen molar-refractivity contribution in [3.05, 3.63) is 114 Å². The average molecular weight is 1000 g/mol. The number of benzene rings is 4. The summed E-state index contributed by atoms with van der Waals surface area (Å²) in [6.07, 6.45) is 1.53.